The Balaban J connectivity index is 2.56. The third-order valence-corrected chi connectivity index (χ3v) is 3.13. The highest BCUT2D eigenvalue weighted by Gasteiger charge is 2.19. The predicted molar refractivity (Wildman–Crippen MR) is 77.7 cm³/mol. The average Bonchev–Trinajstić information content (AvgIpc) is 2.44. The number of hydrogen-bond acceptors (Lipinski definition) is 4. The van der Waals surface area contributed by atoms with Crippen molar-refractivity contribution in [1.82, 2.24) is 5.32 Å². The van der Waals surface area contributed by atoms with E-state index in [9.17, 15) is 9.59 Å². The number of nitriles is 1. The van der Waals surface area contributed by atoms with Crippen LogP contribution in [0.25, 0.3) is 0 Å². The van der Waals surface area contributed by atoms with Gasteiger partial charge in [-0.3, -0.25) is 0 Å². The van der Waals surface area contributed by atoms with Gasteiger partial charge in [-0.05, 0) is 42.7 Å². The second kappa shape index (κ2) is 8.07. The summed E-state index contributed by atoms with van der Waals surface area (Å²) in [6, 6.07) is 6.77. The largest absolute Gasteiger partial charge is 0.480 e. The summed E-state index contributed by atoms with van der Waals surface area (Å²) < 4.78 is 0. The van der Waals surface area contributed by atoms with E-state index in [-0.39, 0.29) is 0 Å². The average molecular weight is 293 g/mol. The number of urea groups is 1. The molecular weight excluding hydrogens is 278 g/mol. The lowest BCUT2D eigenvalue weighted by Crippen LogP contribution is -2.43. The van der Waals surface area contributed by atoms with E-state index in [0.717, 1.165) is 0 Å². The van der Waals surface area contributed by atoms with Crippen LogP contribution in [0.5, 0.6) is 0 Å². The first-order valence-electron chi connectivity index (χ1n) is 5.86. The normalized spacial score (nSPS) is 11.2. The third kappa shape index (κ3) is 5.20. The van der Waals surface area contributed by atoms with Gasteiger partial charge in [0.1, 0.15) is 6.04 Å². The molecule has 0 aromatic heterocycles. The molecule has 0 radical (unpaired) electrons. The molecule has 0 saturated heterocycles. The van der Waals surface area contributed by atoms with Gasteiger partial charge in [0.05, 0.1) is 11.6 Å². The van der Waals surface area contributed by atoms with Gasteiger partial charge in [-0.15, -0.1) is 0 Å². The number of thioether (sulfide) groups is 1. The summed E-state index contributed by atoms with van der Waals surface area (Å²) in [5.74, 6) is -0.414. The van der Waals surface area contributed by atoms with Crippen LogP contribution in [0.2, 0.25) is 0 Å². The van der Waals surface area contributed by atoms with Gasteiger partial charge in [0, 0.05) is 5.69 Å². The summed E-state index contributed by atoms with van der Waals surface area (Å²) in [5, 5.41) is 22.6. The first-order valence-corrected chi connectivity index (χ1v) is 7.25. The molecule has 0 spiro atoms. The SMILES string of the molecule is CSCC[C@@H](NC(=O)Nc1ccc(C#N)cc1)C(=O)O. The zero-order chi connectivity index (χ0) is 15.0. The lowest BCUT2D eigenvalue weighted by Gasteiger charge is -2.14. The Morgan fingerprint density at radius 2 is 2.05 bits per heavy atom. The molecule has 3 N–H and O–H groups in total. The minimum absolute atomic E-state index is 0.358. The number of carboxylic acids is 1. The van der Waals surface area contributed by atoms with Crippen molar-refractivity contribution in [2.75, 3.05) is 17.3 Å². The Morgan fingerprint density at radius 1 is 1.40 bits per heavy atom. The molecule has 1 rings (SSSR count). The van der Waals surface area contributed by atoms with E-state index >= 15 is 0 Å². The Hall–Kier alpha value is -2.20. The van der Waals surface area contributed by atoms with Crippen LogP contribution >= 0.6 is 11.8 Å². The van der Waals surface area contributed by atoms with Gasteiger partial charge >= 0.3 is 12.0 Å². The van der Waals surface area contributed by atoms with Crippen molar-refractivity contribution in [3.63, 3.8) is 0 Å². The molecule has 2 amide bonds. The molecule has 0 bridgehead atoms. The summed E-state index contributed by atoms with van der Waals surface area (Å²) in [6.07, 6.45) is 2.23. The molecule has 1 aromatic carbocycles. The van der Waals surface area contributed by atoms with Crippen molar-refractivity contribution in [3.05, 3.63) is 29.8 Å². The van der Waals surface area contributed by atoms with E-state index in [1.165, 1.54) is 11.8 Å². The van der Waals surface area contributed by atoms with Gasteiger partial charge in [0.2, 0.25) is 0 Å². The Morgan fingerprint density at radius 3 is 2.55 bits per heavy atom. The van der Waals surface area contributed by atoms with Gasteiger partial charge in [-0.1, -0.05) is 0 Å². The number of aliphatic carboxylic acids is 1. The summed E-state index contributed by atoms with van der Waals surface area (Å²) in [5.41, 5.74) is 0.981. The highest BCUT2D eigenvalue weighted by atomic mass is 32.2. The molecule has 0 aliphatic rings. The molecule has 0 heterocycles. The third-order valence-electron chi connectivity index (χ3n) is 2.49. The molecule has 106 valence electrons. The van der Waals surface area contributed by atoms with E-state index in [1.807, 2.05) is 12.3 Å². The number of hydrogen-bond donors (Lipinski definition) is 3. The highest BCUT2D eigenvalue weighted by Crippen LogP contribution is 2.09. The van der Waals surface area contributed by atoms with Crippen LogP contribution < -0.4 is 10.6 Å². The van der Waals surface area contributed by atoms with Crippen molar-refractivity contribution >= 4 is 29.4 Å². The first kappa shape index (κ1) is 15.9. The van der Waals surface area contributed by atoms with Gasteiger partial charge in [-0.25, -0.2) is 9.59 Å². The smallest absolute Gasteiger partial charge is 0.326 e. The van der Waals surface area contributed by atoms with Crippen LogP contribution in [-0.4, -0.2) is 35.2 Å². The van der Waals surface area contributed by atoms with Crippen LogP contribution in [0, 0.1) is 11.3 Å². The number of carboxylic acid groups (broad SMARTS) is 1. The molecule has 0 fully saturated rings. The summed E-state index contributed by atoms with van der Waals surface area (Å²) in [7, 11) is 0. The van der Waals surface area contributed by atoms with Gasteiger partial charge in [-0.2, -0.15) is 17.0 Å². The maximum atomic E-state index is 11.7. The number of nitrogens with one attached hydrogen (secondary N) is 2. The number of amides is 2. The molecule has 6 nitrogen and oxygen atoms in total. The molecular formula is C13H15N3O3S. The summed E-state index contributed by atoms with van der Waals surface area (Å²) >= 11 is 1.52. The van der Waals surface area contributed by atoms with Crippen LogP contribution in [0.3, 0.4) is 0 Å². The Kier molecular flexibility index (Phi) is 6.40. The molecule has 0 saturated carbocycles. The Labute approximate surface area is 121 Å². The van der Waals surface area contributed by atoms with Crippen LogP contribution in [0.4, 0.5) is 10.5 Å². The number of nitrogens with zero attached hydrogens (tertiary/aromatic N) is 1. The number of rotatable bonds is 6. The topological polar surface area (TPSA) is 102 Å². The van der Waals surface area contributed by atoms with Crippen LogP contribution in [-0.2, 0) is 4.79 Å². The lowest BCUT2D eigenvalue weighted by atomic mass is 10.2. The first-order chi connectivity index (χ1) is 9.56. The van der Waals surface area contributed by atoms with Gasteiger partial charge in [0.15, 0.2) is 0 Å². The zero-order valence-corrected chi connectivity index (χ0v) is 11.7. The van der Waals surface area contributed by atoms with E-state index in [1.54, 1.807) is 24.3 Å². The van der Waals surface area contributed by atoms with E-state index < -0.39 is 18.0 Å². The highest BCUT2D eigenvalue weighted by molar-refractivity contribution is 7.98. The summed E-state index contributed by atoms with van der Waals surface area (Å²) in [4.78, 5) is 22.7. The van der Waals surface area contributed by atoms with Crippen molar-refractivity contribution in [1.29, 1.82) is 5.26 Å². The molecule has 0 unspecified atom stereocenters. The van der Waals surface area contributed by atoms with Gasteiger partial charge in [0.25, 0.3) is 0 Å². The van der Waals surface area contributed by atoms with Crippen molar-refractivity contribution in [2.45, 2.75) is 12.5 Å². The van der Waals surface area contributed by atoms with Crippen molar-refractivity contribution < 1.29 is 14.7 Å². The van der Waals surface area contributed by atoms with E-state index in [0.29, 0.717) is 23.4 Å². The number of anilines is 1. The van der Waals surface area contributed by atoms with E-state index in [2.05, 4.69) is 10.6 Å². The minimum Gasteiger partial charge on any atom is -0.480 e. The molecule has 1 atom stereocenters. The molecule has 0 aliphatic heterocycles. The van der Waals surface area contributed by atoms with Crippen molar-refractivity contribution in [2.24, 2.45) is 0 Å². The molecule has 20 heavy (non-hydrogen) atoms. The van der Waals surface area contributed by atoms with Crippen LogP contribution in [0.15, 0.2) is 24.3 Å². The monoisotopic (exact) mass is 293 g/mol. The standard InChI is InChI=1S/C13H15N3O3S/c1-20-7-6-11(12(17)18)16-13(19)15-10-4-2-9(8-14)3-5-10/h2-5,11H,6-7H2,1H3,(H,17,18)(H2,15,16,19)/t11-/m1/s1. The quantitative estimate of drug-likeness (QED) is 0.743. The van der Waals surface area contributed by atoms with Crippen LogP contribution in [0.1, 0.15) is 12.0 Å². The maximum Gasteiger partial charge on any atom is 0.326 e. The maximum absolute atomic E-state index is 11.7. The number of benzene rings is 1. The second-order valence-electron chi connectivity index (χ2n) is 3.96. The zero-order valence-electron chi connectivity index (χ0n) is 10.9. The Bertz CT molecular complexity index is 511. The van der Waals surface area contributed by atoms with Crippen molar-refractivity contribution in [3.8, 4) is 6.07 Å². The minimum atomic E-state index is -1.06. The predicted octanol–water partition coefficient (Wildman–Crippen LogP) is 1.89. The van der Waals surface area contributed by atoms with E-state index in [4.69, 9.17) is 10.4 Å². The fraction of sp³-hybridized carbons (Fsp3) is 0.308. The molecule has 7 heteroatoms. The van der Waals surface area contributed by atoms with Gasteiger partial charge < -0.3 is 15.7 Å². The lowest BCUT2D eigenvalue weighted by molar-refractivity contribution is -0.139. The molecule has 0 aliphatic carbocycles. The summed E-state index contributed by atoms with van der Waals surface area (Å²) in [6.45, 7) is 0. The number of carbonyl (C=O) groups is 2. The fourth-order valence-electron chi connectivity index (χ4n) is 1.45. The fourth-order valence-corrected chi connectivity index (χ4v) is 1.92. The second-order valence-corrected chi connectivity index (χ2v) is 4.95. The molecule has 1 aromatic rings. The number of carbonyl (C=O) groups excluding carboxylic acids is 1.